The minimum atomic E-state index is 0.443. The van der Waals surface area contributed by atoms with Gasteiger partial charge in [-0.1, -0.05) is 11.6 Å². The SMILES string of the molecule is Cc1cc(CCl)cc(Oc2cc(C)c(Cl)c(C)c2)n1. The summed E-state index contributed by atoms with van der Waals surface area (Å²) in [5.41, 5.74) is 3.85. The van der Waals surface area contributed by atoms with Gasteiger partial charge in [-0.05, 0) is 55.7 Å². The second-order valence-corrected chi connectivity index (χ2v) is 5.21. The fraction of sp³-hybridized carbons (Fsp3) is 0.267. The molecule has 0 spiro atoms. The number of nitrogens with zero attached hydrogens (tertiary/aromatic N) is 1. The van der Waals surface area contributed by atoms with Crippen LogP contribution >= 0.6 is 23.2 Å². The minimum absolute atomic E-state index is 0.443. The van der Waals surface area contributed by atoms with Crippen molar-refractivity contribution in [3.8, 4) is 11.6 Å². The van der Waals surface area contributed by atoms with Crippen molar-refractivity contribution in [1.82, 2.24) is 4.98 Å². The first-order chi connectivity index (χ1) is 8.99. The standard InChI is InChI=1S/C15H15Cl2NO/c1-9-4-13(5-10(2)15(9)17)19-14-7-12(8-16)6-11(3)18-14/h4-7H,8H2,1-3H3. The molecule has 1 aromatic carbocycles. The van der Waals surface area contributed by atoms with Gasteiger partial charge in [-0.2, -0.15) is 0 Å². The average Bonchev–Trinajstić information content (AvgIpc) is 2.35. The van der Waals surface area contributed by atoms with E-state index in [0.29, 0.717) is 11.8 Å². The Morgan fingerprint density at radius 3 is 2.26 bits per heavy atom. The molecule has 2 aromatic rings. The molecule has 0 radical (unpaired) electrons. The highest BCUT2D eigenvalue weighted by Gasteiger charge is 2.06. The number of aromatic nitrogens is 1. The fourth-order valence-corrected chi connectivity index (χ4v) is 2.19. The van der Waals surface area contributed by atoms with Crippen LogP contribution in [0.5, 0.6) is 11.6 Å². The molecule has 0 aliphatic rings. The third kappa shape index (κ3) is 3.40. The van der Waals surface area contributed by atoms with E-state index in [2.05, 4.69) is 4.98 Å². The molecule has 0 atom stereocenters. The van der Waals surface area contributed by atoms with Crippen LogP contribution in [-0.2, 0) is 5.88 Å². The van der Waals surface area contributed by atoms with Gasteiger partial charge < -0.3 is 4.74 Å². The molecule has 100 valence electrons. The van der Waals surface area contributed by atoms with E-state index >= 15 is 0 Å². The van der Waals surface area contributed by atoms with Crippen LogP contribution in [0.1, 0.15) is 22.4 Å². The number of benzene rings is 1. The molecule has 0 saturated heterocycles. The molecule has 1 aromatic heterocycles. The maximum Gasteiger partial charge on any atom is 0.219 e. The summed E-state index contributed by atoms with van der Waals surface area (Å²) in [7, 11) is 0. The van der Waals surface area contributed by atoms with Crippen molar-refractivity contribution in [2.24, 2.45) is 0 Å². The summed E-state index contributed by atoms with van der Waals surface area (Å²) >= 11 is 12.0. The Morgan fingerprint density at radius 2 is 1.68 bits per heavy atom. The van der Waals surface area contributed by atoms with Gasteiger partial charge in [0.25, 0.3) is 0 Å². The summed E-state index contributed by atoms with van der Waals surface area (Å²) in [6.45, 7) is 5.83. The quantitative estimate of drug-likeness (QED) is 0.727. The zero-order chi connectivity index (χ0) is 14.0. The van der Waals surface area contributed by atoms with Crippen molar-refractivity contribution in [3.05, 3.63) is 51.7 Å². The third-order valence-corrected chi connectivity index (χ3v) is 3.68. The van der Waals surface area contributed by atoms with E-state index in [0.717, 1.165) is 33.2 Å². The lowest BCUT2D eigenvalue weighted by molar-refractivity contribution is 0.460. The lowest BCUT2D eigenvalue weighted by atomic mass is 10.1. The number of ether oxygens (including phenoxy) is 1. The van der Waals surface area contributed by atoms with Crippen molar-refractivity contribution in [3.63, 3.8) is 0 Å². The van der Waals surface area contributed by atoms with E-state index in [9.17, 15) is 0 Å². The van der Waals surface area contributed by atoms with E-state index in [1.807, 2.05) is 45.0 Å². The smallest absolute Gasteiger partial charge is 0.219 e. The van der Waals surface area contributed by atoms with Gasteiger partial charge in [0, 0.05) is 22.7 Å². The summed E-state index contributed by atoms with van der Waals surface area (Å²) in [4.78, 5) is 4.34. The number of aryl methyl sites for hydroxylation is 3. The van der Waals surface area contributed by atoms with Gasteiger partial charge in [-0.3, -0.25) is 0 Å². The van der Waals surface area contributed by atoms with Crippen molar-refractivity contribution in [2.75, 3.05) is 0 Å². The predicted molar refractivity (Wildman–Crippen MR) is 79.5 cm³/mol. The predicted octanol–water partition coefficient (Wildman–Crippen LogP) is 5.19. The molecule has 0 fully saturated rings. The lowest BCUT2D eigenvalue weighted by Crippen LogP contribution is -1.94. The van der Waals surface area contributed by atoms with Crippen LogP contribution in [-0.4, -0.2) is 4.98 Å². The Kier molecular flexibility index (Phi) is 4.33. The largest absolute Gasteiger partial charge is 0.439 e. The summed E-state index contributed by atoms with van der Waals surface area (Å²) in [6, 6.07) is 7.59. The molecule has 19 heavy (non-hydrogen) atoms. The maximum atomic E-state index is 6.14. The Labute approximate surface area is 123 Å². The molecule has 0 amide bonds. The summed E-state index contributed by atoms with van der Waals surface area (Å²) in [5, 5.41) is 0.769. The van der Waals surface area contributed by atoms with Crippen LogP contribution in [0.3, 0.4) is 0 Å². The van der Waals surface area contributed by atoms with E-state index in [1.54, 1.807) is 0 Å². The van der Waals surface area contributed by atoms with Crippen LogP contribution in [0, 0.1) is 20.8 Å². The Hall–Kier alpha value is -1.25. The van der Waals surface area contributed by atoms with Gasteiger partial charge in [-0.15, -0.1) is 11.6 Å². The lowest BCUT2D eigenvalue weighted by Gasteiger charge is -2.10. The van der Waals surface area contributed by atoms with Gasteiger partial charge in [-0.25, -0.2) is 4.98 Å². The van der Waals surface area contributed by atoms with E-state index in [1.165, 1.54) is 0 Å². The third-order valence-electron chi connectivity index (χ3n) is 2.78. The monoisotopic (exact) mass is 295 g/mol. The van der Waals surface area contributed by atoms with Crippen LogP contribution in [0.2, 0.25) is 5.02 Å². The van der Waals surface area contributed by atoms with Crippen molar-refractivity contribution in [1.29, 1.82) is 0 Å². The Balaban J connectivity index is 2.33. The fourth-order valence-electron chi connectivity index (χ4n) is 1.92. The highest BCUT2D eigenvalue weighted by atomic mass is 35.5. The van der Waals surface area contributed by atoms with E-state index < -0.39 is 0 Å². The summed E-state index contributed by atoms with van der Waals surface area (Å²) < 4.78 is 5.79. The molecule has 0 unspecified atom stereocenters. The van der Waals surface area contributed by atoms with Gasteiger partial charge in [0.2, 0.25) is 5.88 Å². The molecular formula is C15H15Cl2NO. The summed E-state index contributed by atoms with van der Waals surface area (Å²) in [6.07, 6.45) is 0. The molecular weight excluding hydrogens is 281 g/mol. The molecule has 1 heterocycles. The van der Waals surface area contributed by atoms with Gasteiger partial charge in [0.1, 0.15) is 5.75 Å². The average molecular weight is 296 g/mol. The van der Waals surface area contributed by atoms with Crippen molar-refractivity contribution < 1.29 is 4.74 Å². The Morgan fingerprint density at radius 1 is 1.05 bits per heavy atom. The molecule has 0 aliphatic heterocycles. The second-order valence-electron chi connectivity index (χ2n) is 4.56. The molecule has 0 bridgehead atoms. The first-order valence-corrected chi connectivity index (χ1v) is 6.89. The van der Waals surface area contributed by atoms with E-state index in [-0.39, 0.29) is 0 Å². The molecule has 0 N–H and O–H groups in total. The zero-order valence-electron chi connectivity index (χ0n) is 11.1. The van der Waals surface area contributed by atoms with Crippen LogP contribution in [0.15, 0.2) is 24.3 Å². The summed E-state index contributed by atoms with van der Waals surface area (Å²) in [5.74, 6) is 1.73. The minimum Gasteiger partial charge on any atom is -0.439 e. The van der Waals surface area contributed by atoms with Gasteiger partial charge in [0.05, 0.1) is 0 Å². The molecule has 4 heteroatoms. The molecule has 2 rings (SSSR count). The number of alkyl halides is 1. The number of rotatable bonds is 3. The molecule has 0 aliphatic carbocycles. The number of halogens is 2. The van der Waals surface area contributed by atoms with Crippen molar-refractivity contribution in [2.45, 2.75) is 26.7 Å². The van der Waals surface area contributed by atoms with Crippen LogP contribution in [0.25, 0.3) is 0 Å². The number of hydrogen-bond donors (Lipinski definition) is 0. The zero-order valence-corrected chi connectivity index (χ0v) is 12.6. The van der Waals surface area contributed by atoms with E-state index in [4.69, 9.17) is 27.9 Å². The number of pyridine rings is 1. The molecule has 0 saturated carbocycles. The first kappa shape index (κ1) is 14.2. The number of hydrogen-bond acceptors (Lipinski definition) is 2. The van der Waals surface area contributed by atoms with Crippen LogP contribution < -0.4 is 4.74 Å². The first-order valence-electron chi connectivity index (χ1n) is 5.97. The van der Waals surface area contributed by atoms with Crippen molar-refractivity contribution >= 4 is 23.2 Å². The van der Waals surface area contributed by atoms with Crippen LogP contribution in [0.4, 0.5) is 0 Å². The highest BCUT2D eigenvalue weighted by molar-refractivity contribution is 6.32. The Bertz CT molecular complexity index is 588. The molecule has 2 nitrogen and oxygen atoms in total. The van der Waals surface area contributed by atoms with Gasteiger partial charge in [0.15, 0.2) is 0 Å². The second kappa shape index (κ2) is 5.81. The maximum absolute atomic E-state index is 6.14. The topological polar surface area (TPSA) is 22.1 Å². The normalized spacial score (nSPS) is 10.6. The highest BCUT2D eigenvalue weighted by Crippen LogP contribution is 2.29. The van der Waals surface area contributed by atoms with Gasteiger partial charge >= 0.3 is 0 Å².